The average Bonchev–Trinajstić information content (AvgIpc) is 3.01. The Morgan fingerprint density at radius 2 is 1.56 bits per heavy atom. The van der Waals surface area contributed by atoms with Gasteiger partial charge in [0.15, 0.2) is 0 Å². The van der Waals surface area contributed by atoms with Gasteiger partial charge in [-0.2, -0.15) is 0 Å². The normalized spacial score (nSPS) is 14.4. The van der Waals surface area contributed by atoms with Crippen molar-refractivity contribution in [1.82, 2.24) is 10.2 Å². The van der Waals surface area contributed by atoms with Crippen LogP contribution in [0.2, 0.25) is 0 Å². The first-order valence-corrected chi connectivity index (χ1v) is 9.95. The molecule has 0 radical (unpaired) electrons. The summed E-state index contributed by atoms with van der Waals surface area (Å²) in [6, 6.07) is 17.3. The fourth-order valence-electron chi connectivity index (χ4n) is 3.49. The molecule has 1 heterocycles. The van der Waals surface area contributed by atoms with Crippen LogP contribution in [0.25, 0.3) is 0 Å². The lowest BCUT2D eigenvalue weighted by Crippen LogP contribution is -2.32. The molecular weight excluding hydrogens is 336 g/mol. The molecule has 27 heavy (non-hydrogen) atoms. The lowest BCUT2D eigenvalue weighted by Gasteiger charge is -2.20. The summed E-state index contributed by atoms with van der Waals surface area (Å²) >= 11 is 0. The number of nitrogens with zero attached hydrogens (tertiary/aromatic N) is 1. The highest BCUT2D eigenvalue weighted by molar-refractivity contribution is 5.99. The summed E-state index contributed by atoms with van der Waals surface area (Å²) in [5.74, 6) is -0.0794. The SMILES string of the molecule is O=C(NCCCc1ccccc1)c1cccc(C(=O)N2CCCCCC2)c1. The van der Waals surface area contributed by atoms with Gasteiger partial charge in [-0.15, -0.1) is 0 Å². The van der Waals surface area contributed by atoms with Crippen molar-refractivity contribution in [2.24, 2.45) is 0 Å². The van der Waals surface area contributed by atoms with Crippen LogP contribution in [0.1, 0.15) is 58.4 Å². The number of carbonyl (C=O) groups is 2. The minimum Gasteiger partial charge on any atom is -0.352 e. The van der Waals surface area contributed by atoms with Crippen LogP contribution in [0.4, 0.5) is 0 Å². The number of carbonyl (C=O) groups excluding carboxylic acids is 2. The van der Waals surface area contributed by atoms with Crippen molar-refractivity contribution in [2.75, 3.05) is 19.6 Å². The minimum atomic E-state index is -0.117. The topological polar surface area (TPSA) is 49.4 Å². The molecule has 2 amide bonds. The average molecular weight is 364 g/mol. The molecule has 0 spiro atoms. The first-order chi connectivity index (χ1) is 13.2. The third-order valence-electron chi connectivity index (χ3n) is 5.04. The molecule has 0 bridgehead atoms. The Bertz CT molecular complexity index is 750. The highest BCUT2D eigenvalue weighted by Gasteiger charge is 2.18. The molecular formula is C23H28N2O2. The molecule has 0 atom stereocenters. The summed E-state index contributed by atoms with van der Waals surface area (Å²) < 4.78 is 0. The van der Waals surface area contributed by atoms with Gasteiger partial charge in [-0.05, 0) is 49.4 Å². The summed E-state index contributed by atoms with van der Waals surface area (Å²) in [4.78, 5) is 27.1. The third kappa shape index (κ3) is 5.68. The van der Waals surface area contributed by atoms with Crippen LogP contribution in [0.3, 0.4) is 0 Å². The predicted molar refractivity (Wildman–Crippen MR) is 108 cm³/mol. The van der Waals surface area contributed by atoms with Crippen LogP contribution in [0.15, 0.2) is 54.6 Å². The Labute approximate surface area is 161 Å². The zero-order valence-corrected chi connectivity index (χ0v) is 15.8. The Morgan fingerprint density at radius 1 is 0.852 bits per heavy atom. The fourth-order valence-corrected chi connectivity index (χ4v) is 3.49. The van der Waals surface area contributed by atoms with Gasteiger partial charge in [-0.25, -0.2) is 0 Å². The number of aryl methyl sites for hydroxylation is 1. The van der Waals surface area contributed by atoms with Gasteiger partial charge in [-0.3, -0.25) is 9.59 Å². The number of rotatable bonds is 6. The van der Waals surface area contributed by atoms with Crippen molar-refractivity contribution in [3.8, 4) is 0 Å². The summed E-state index contributed by atoms with van der Waals surface area (Å²) in [5.41, 5.74) is 2.43. The Hall–Kier alpha value is -2.62. The van der Waals surface area contributed by atoms with E-state index in [1.165, 1.54) is 18.4 Å². The maximum atomic E-state index is 12.7. The molecule has 1 aliphatic heterocycles. The van der Waals surface area contributed by atoms with E-state index < -0.39 is 0 Å². The highest BCUT2D eigenvalue weighted by atomic mass is 16.2. The van der Waals surface area contributed by atoms with Crippen molar-refractivity contribution >= 4 is 11.8 Å². The molecule has 1 aliphatic rings. The molecule has 2 aromatic carbocycles. The molecule has 0 aromatic heterocycles. The van der Waals surface area contributed by atoms with Crippen LogP contribution in [-0.2, 0) is 6.42 Å². The minimum absolute atomic E-state index is 0.0376. The molecule has 1 saturated heterocycles. The summed E-state index contributed by atoms with van der Waals surface area (Å²) in [6.45, 7) is 2.25. The lowest BCUT2D eigenvalue weighted by atomic mass is 10.1. The van der Waals surface area contributed by atoms with Crippen molar-refractivity contribution in [3.63, 3.8) is 0 Å². The molecule has 142 valence electrons. The second kappa shape index (κ2) is 9.91. The van der Waals surface area contributed by atoms with Crippen LogP contribution >= 0.6 is 0 Å². The Kier molecular flexibility index (Phi) is 7.03. The van der Waals surface area contributed by atoms with E-state index in [1.807, 2.05) is 23.1 Å². The highest BCUT2D eigenvalue weighted by Crippen LogP contribution is 2.14. The number of benzene rings is 2. The van der Waals surface area contributed by atoms with Crippen molar-refractivity contribution in [1.29, 1.82) is 0 Å². The molecule has 1 N–H and O–H groups in total. The smallest absolute Gasteiger partial charge is 0.253 e. The molecule has 0 unspecified atom stereocenters. The second-order valence-electron chi connectivity index (χ2n) is 7.13. The van der Waals surface area contributed by atoms with Gasteiger partial charge in [-0.1, -0.05) is 49.2 Å². The standard InChI is InChI=1S/C23H28N2O2/c26-22(24-15-9-12-19-10-4-3-5-11-19)20-13-8-14-21(18-20)23(27)25-16-6-1-2-7-17-25/h3-5,8,10-11,13-14,18H,1-2,6-7,9,12,15-17H2,(H,24,26). The lowest BCUT2D eigenvalue weighted by molar-refractivity contribution is 0.0761. The van der Waals surface area contributed by atoms with E-state index >= 15 is 0 Å². The van der Waals surface area contributed by atoms with Crippen LogP contribution in [-0.4, -0.2) is 36.3 Å². The number of hydrogen-bond acceptors (Lipinski definition) is 2. The largest absolute Gasteiger partial charge is 0.352 e. The zero-order chi connectivity index (χ0) is 18.9. The molecule has 0 aliphatic carbocycles. The summed E-state index contributed by atoms with van der Waals surface area (Å²) in [7, 11) is 0. The Morgan fingerprint density at radius 3 is 2.30 bits per heavy atom. The zero-order valence-electron chi connectivity index (χ0n) is 15.8. The molecule has 2 aromatic rings. The number of nitrogens with one attached hydrogen (secondary N) is 1. The van der Waals surface area contributed by atoms with E-state index in [1.54, 1.807) is 24.3 Å². The van der Waals surface area contributed by atoms with Crippen LogP contribution in [0.5, 0.6) is 0 Å². The fraction of sp³-hybridized carbons (Fsp3) is 0.391. The van der Waals surface area contributed by atoms with Gasteiger partial charge in [0.05, 0.1) is 0 Å². The third-order valence-corrected chi connectivity index (χ3v) is 5.04. The first-order valence-electron chi connectivity index (χ1n) is 9.95. The number of hydrogen-bond donors (Lipinski definition) is 1. The van der Waals surface area contributed by atoms with E-state index in [4.69, 9.17) is 0 Å². The van der Waals surface area contributed by atoms with Gasteiger partial charge in [0, 0.05) is 30.8 Å². The van der Waals surface area contributed by atoms with Gasteiger partial charge in [0.2, 0.25) is 0 Å². The van der Waals surface area contributed by atoms with Crippen LogP contribution in [0, 0.1) is 0 Å². The van der Waals surface area contributed by atoms with E-state index in [0.29, 0.717) is 17.7 Å². The van der Waals surface area contributed by atoms with Gasteiger partial charge < -0.3 is 10.2 Å². The van der Waals surface area contributed by atoms with Crippen molar-refractivity contribution in [2.45, 2.75) is 38.5 Å². The Balaban J connectivity index is 1.52. The summed E-state index contributed by atoms with van der Waals surface area (Å²) in [6.07, 6.45) is 6.34. The van der Waals surface area contributed by atoms with E-state index in [2.05, 4.69) is 17.4 Å². The monoisotopic (exact) mass is 364 g/mol. The van der Waals surface area contributed by atoms with Gasteiger partial charge >= 0.3 is 0 Å². The van der Waals surface area contributed by atoms with Crippen LogP contribution < -0.4 is 5.32 Å². The quantitative estimate of drug-likeness (QED) is 0.786. The summed E-state index contributed by atoms with van der Waals surface area (Å²) in [5, 5.41) is 2.96. The maximum absolute atomic E-state index is 12.7. The van der Waals surface area contributed by atoms with Gasteiger partial charge in [0.1, 0.15) is 0 Å². The van der Waals surface area contributed by atoms with Gasteiger partial charge in [0.25, 0.3) is 11.8 Å². The van der Waals surface area contributed by atoms with E-state index in [0.717, 1.165) is 38.8 Å². The van der Waals surface area contributed by atoms with E-state index in [9.17, 15) is 9.59 Å². The maximum Gasteiger partial charge on any atom is 0.253 e. The number of likely N-dealkylation sites (tertiary alicyclic amines) is 1. The van der Waals surface area contributed by atoms with Crippen molar-refractivity contribution < 1.29 is 9.59 Å². The molecule has 3 rings (SSSR count). The van der Waals surface area contributed by atoms with Crippen molar-refractivity contribution in [3.05, 3.63) is 71.3 Å². The second-order valence-corrected chi connectivity index (χ2v) is 7.13. The number of amides is 2. The first kappa shape index (κ1) is 19.2. The molecule has 1 fully saturated rings. The molecule has 4 heteroatoms. The van der Waals surface area contributed by atoms with E-state index in [-0.39, 0.29) is 11.8 Å². The molecule has 4 nitrogen and oxygen atoms in total. The predicted octanol–water partition coefficient (Wildman–Crippen LogP) is 4.07. The molecule has 0 saturated carbocycles.